The summed E-state index contributed by atoms with van der Waals surface area (Å²) in [5.74, 6) is -3.32. The second-order valence-corrected chi connectivity index (χ2v) is 8.69. The highest BCUT2D eigenvalue weighted by atomic mass is 19.1. The molecular weight excluding hydrogens is 543 g/mol. The van der Waals surface area contributed by atoms with E-state index >= 15 is 0 Å². The Kier molecular flexibility index (Phi) is 10.1. The molecule has 2 heterocycles. The van der Waals surface area contributed by atoms with Crippen LogP contribution in [0.2, 0.25) is 0 Å². The van der Waals surface area contributed by atoms with Crippen LogP contribution in [0, 0.1) is 5.82 Å². The number of aliphatic imine (C=N–C) groups is 1. The third-order valence-corrected chi connectivity index (χ3v) is 5.51. The Morgan fingerprint density at radius 1 is 1.20 bits per heavy atom. The number of anilines is 1. The van der Waals surface area contributed by atoms with Gasteiger partial charge in [0.1, 0.15) is 11.9 Å². The van der Waals surface area contributed by atoms with Crippen LogP contribution < -0.4 is 15.8 Å². The molecule has 0 aliphatic rings. The van der Waals surface area contributed by atoms with Gasteiger partial charge in [-0.1, -0.05) is 0 Å². The number of halogens is 1. The molecule has 3 rings (SSSR count). The number of hydrogen-bond acceptors (Lipinski definition) is 11. The van der Waals surface area contributed by atoms with Crippen molar-refractivity contribution in [3.05, 3.63) is 51.8 Å². The molecule has 216 valence electrons. The quantitative estimate of drug-likeness (QED) is 0.133. The van der Waals surface area contributed by atoms with Crippen molar-refractivity contribution >= 4 is 53.4 Å². The average Bonchev–Trinajstić information content (AvgIpc) is 2.96. The Balaban J connectivity index is 1.78. The standard InChI is InChI=1S/C25H27FN8O7/c1-33(2)12-28-25-31-21-20(23(38)32-25)29-14(10-27-21)11-34(13-35)15-5-6-16(17(26)9-15)22(37)30-18(24(39)41-4)7-8-19(36)40-3/h5-6,9-10,12-13,18H,7-8,11H2,1-4H3,(H,30,37)(H,27,31,32,38)/b28-12+/t18-/m0/s1. The number of ether oxygens (including phenoxy) is 2. The Morgan fingerprint density at radius 2 is 1.95 bits per heavy atom. The predicted octanol–water partition coefficient (Wildman–Crippen LogP) is 0.461. The van der Waals surface area contributed by atoms with Crippen LogP contribution in [0.4, 0.5) is 16.0 Å². The van der Waals surface area contributed by atoms with Crippen LogP contribution in [-0.4, -0.2) is 89.8 Å². The lowest BCUT2D eigenvalue weighted by Crippen LogP contribution is -2.42. The van der Waals surface area contributed by atoms with Gasteiger partial charge in [-0.3, -0.25) is 24.2 Å². The summed E-state index contributed by atoms with van der Waals surface area (Å²) in [6.45, 7) is -0.185. The molecule has 0 saturated carbocycles. The molecule has 15 nitrogen and oxygen atoms in total. The predicted molar refractivity (Wildman–Crippen MR) is 143 cm³/mol. The average molecular weight is 571 g/mol. The van der Waals surface area contributed by atoms with E-state index < -0.39 is 40.8 Å². The van der Waals surface area contributed by atoms with Gasteiger partial charge in [0.05, 0.1) is 44.6 Å². The van der Waals surface area contributed by atoms with Gasteiger partial charge in [-0.15, -0.1) is 0 Å². The van der Waals surface area contributed by atoms with Crippen molar-refractivity contribution in [3.63, 3.8) is 0 Å². The number of H-pyrrole nitrogens is 1. The molecule has 0 radical (unpaired) electrons. The fourth-order valence-corrected chi connectivity index (χ4v) is 3.47. The number of aromatic nitrogens is 4. The number of rotatable bonds is 12. The van der Waals surface area contributed by atoms with Crippen LogP contribution >= 0.6 is 0 Å². The van der Waals surface area contributed by atoms with Crippen molar-refractivity contribution in [1.29, 1.82) is 0 Å². The number of methoxy groups -OCH3 is 2. The summed E-state index contributed by atoms with van der Waals surface area (Å²) in [5, 5.41) is 2.33. The topological polar surface area (TPSA) is 189 Å². The maximum absolute atomic E-state index is 15.0. The molecule has 0 fully saturated rings. The Morgan fingerprint density at radius 3 is 2.59 bits per heavy atom. The van der Waals surface area contributed by atoms with Crippen LogP contribution in [0.5, 0.6) is 0 Å². The molecule has 0 spiro atoms. The van der Waals surface area contributed by atoms with E-state index in [1.165, 1.54) is 25.7 Å². The highest BCUT2D eigenvalue weighted by Gasteiger charge is 2.25. The van der Waals surface area contributed by atoms with E-state index in [-0.39, 0.29) is 47.9 Å². The number of esters is 2. The molecule has 3 aromatic rings. The minimum Gasteiger partial charge on any atom is -0.469 e. The third-order valence-electron chi connectivity index (χ3n) is 5.51. The van der Waals surface area contributed by atoms with Crippen molar-refractivity contribution in [1.82, 2.24) is 30.2 Å². The van der Waals surface area contributed by atoms with Gasteiger partial charge in [0.2, 0.25) is 12.4 Å². The number of carbonyl (C=O) groups excluding carboxylic acids is 4. The number of nitrogens with zero attached hydrogens (tertiary/aromatic N) is 6. The van der Waals surface area contributed by atoms with E-state index in [4.69, 9.17) is 0 Å². The highest BCUT2D eigenvalue weighted by Crippen LogP contribution is 2.20. The van der Waals surface area contributed by atoms with Gasteiger partial charge < -0.3 is 24.6 Å². The fraction of sp³-hybridized carbons (Fsp3) is 0.320. The first-order chi connectivity index (χ1) is 19.6. The molecule has 2 aromatic heterocycles. The summed E-state index contributed by atoms with van der Waals surface area (Å²) < 4.78 is 24.1. The van der Waals surface area contributed by atoms with Crippen LogP contribution in [0.1, 0.15) is 28.9 Å². The zero-order valence-corrected chi connectivity index (χ0v) is 22.6. The van der Waals surface area contributed by atoms with Crippen molar-refractivity contribution in [2.24, 2.45) is 4.99 Å². The number of carbonyl (C=O) groups is 4. The summed E-state index contributed by atoms with van der Waals surface area (Å²) in [6.07, 6.45) is 2.87. The zero-order chi connectivity index (χ0) is 30.1. The molecule has 0 saturated heterocycles. The van der Waals surface area contributed by atoms with Gasteiger partial charge in [-0.05, 0) is 24.6 Å². The number of amides is 2. The van der Waals surface area contributed by atoms with Crippen molar-refractivity contribution < 1.29 is 33.0 Å². The number of nitrogens with one attached hydrogen (secondary N) is 2. The van der Waals surface area contributed by atoms with Crippen molar-refractivity contribution in [2.75, 3.05) is 33.2 Å². The normalized spacial score (nSPS) is 11.6. The lowest BCUT2D eigenvalue weighted by atomic mass is 10.1. The van der Waals surface area contributed by atoms with Gasteiger partial charge in [0.15, 0.2) is 11.2 Å². The van der Waals surface area contributed by atoms with E-state index in [1.807, 2.05) is 0 Å². The third kappa shape index (κ3) is 7.87. The number of benzene rings is 1. The Labute approximate surface area is 232 Å². The van der Waals surface area contributed by atoms with Crippen LogP contribution in [0.15, 0.2) is 34.2 Å². The fourth-order valence-electron chi connectivity index (χ4n) is 3.47. The van der Waals surface area contributed by atoms with Gasteiger partial charge >= 0.3 is 11.9 Å². The van der Waals surface area contributed by atoms with Gasteiger partial charge in [-0.2, -0.15) is 4.98 Å². The van der Waals surface area contributed by atoms with Crippen LogP contribution in [0.3, 0.4) is 0 Å². The molecule has 41 heavy (non-hydrogen) atoms. The monoisotopic (exact) mass is 570 g/mol. The van der Waals surface area contributed by atoms with Gasteiger partial charge in [0, 0.05) is 26.2 Å². The van der Waals surface area contributed by atoms with Crippen LogP contribution in [-0.2, 0) is 30.4 Å². The summed E-state index contributed by atoms with van der Waals surface area (Å²) in [5.41, 5.74) is -0.766. The molecule has 1 aromatic carbocycles. The first-order valence-corrected chi connectivity index (χ1v) is 12.0. The molecule has 2 amide bonds. The van der Waals surface area contributed by atoms with Gasteiger partial charge in [-0.25, -0.2) is 24.1 Å². The molecule has 2 N–H and O–H groups in total. The molecule has 0 bridgehead atoms. The number of fused-ring (bicyclic) bond motifs is 1. The van der Waals surface area contributed by atoms with Gasteiger partial charge in [0.25, 0.3) is 11.5 Å². The zero-order valence-electron chi connectivity index (χ0n) is 22.6. The minimum atomic E-state index is -1.22. The number of hydrogen-bond donors (Lipinski definition) is 2. The maximum atomic E-state index is 15.0. The smallest absolute Gasteiger partial charge is 0.328 e. The van der Waals surface area contributed by atoms with Crippen molar-refractivity contribution in [3.8, 4) is 0 Å². The minimum absolute atomic E-state index is 0.0359. The summed E-state index contributed by atoms with van der Waals surface area (Å²) in [7, 11) is 5.78. The highest BCUT2D eigenvalue weighted by molar-refractivity contribution is 5.97. The molecule has 0 aliphatic carbocycles. The molecule has 16 heteroatoms. The Hall–Kier alpha value is -5.28. The van der Waals surface area contributed by atoms with E-state index in [0.29, 0.717) is 6.41 Å². The lowest BCUT2D eigenvalue weighted by Gasteiger charge is -2.19. The molecule has 0 aliphatic heterocycles. The van der Waals surface area contributed by atoms with E-state index in [1.54, 1.807) is 19.0 Å². The summed E-state index contributed by atoms with van der Waals surface area (Å²) in [6, 6.07) is 2.16. The van der Waals surface area contributed by atoms with E-state index in [2.05, 4.69) is 39.7 Å². The van der Waals surface area contributed by atoms with Crippen LogP contribution in [0.25, 0.3) is 11.2 Å². The first kappa shape index (κ1) is 30.3. The first-order valence-electron chi connectivity index (χ1n) is 12.0. The Bertz CT molecular complexity index is 1540. The molecular formula is C25H27FN8O7. The second kappa shape index (κ2) is 13.7. The molecule has 0 unspecified atom stereocenters. The second-order valence-electron chi connectivity index (χ2n) is 8.69. The molecule has 1 atom stereocenters. The number of aromatic amines is 1. The summed E-state index contributed by atoms with van der Waals surface area (Å²) >= 11 is 0. The SMILES string of the molecule is COC(=O)CC[C@H](NC(=O)c1ccc(N(C=O)Cc2cnc3nc(/N=C/N(C)C)[nH]c(=O)c3n2)cc1F)C(=O)OC. The van der Waals surface area contributed by atoms with E-state index in [0.717, 1.165) is 24.1 Å². The van der Waals surface area contributed by atoms with E-state index in [9.17, 15) is 28.4 Å². The maximum Gasteiger partial charge on any atom is 0.328 e. The lowest BCUT2D eigenvalue weighted by molar-refractivity contribution is -0.144. The summed E-state index contributed by atoms with van der Waals surface area (Å²) in [4.78, 5) is 82.2. The largest absolute Gasteiger partial charge is 0.469 e. The van der Waals surface area contributed by atoms with Crippen molar-refractivity contribution in [2.45, 2.75) is 25.4 Å².